The Hall–Kier alpha value is -3.79. The SMILES string of the molecule is O=C(Nc1nn(Cc2ccc(F)cc2)cc1Cl)c1cc(-c2ccc(OC(F)F)cc2)n[nH]1. The average Bonchev–Trinajstić information content (AvgIpc) is 3.37. The van der Waals surface area contributed by atoms with E-state index in [0.717, 1.165) is 5.56 Å². The number of H-pyrrole nitrogens is 1. The first-order valence-electron chi connectivity index (χ1n) is 9.27. The van der Waals surface area contributed by atoms with E-state index in [2.05, 4.69) is 25.3 Å². The lowest BCUT2D eigenvalue weighted by Crippen LogP contribution is -2.13. The molecule has 2 aromatic heterocycles. The minimum atomic E-state index is -2.91. The highest BCUT2D eigenvalue weighted by molar-refractivity contribution is 6.33. The van der Waals surface area contributed by atoms with Crippen LogP contribution in [0.2, 0.25) is 5.02 Å². The van der Waals surface area contributed by atoms with E-state index in [9.17, 15) is 18.0 Å². The first kappa shape index (κ1) is 21.4. The predicted molar refractivity (Wildman–Crippen MR) is 111 cm³/mol. The van der Waals surface area contributed by atoms with Crippen LogP contribution in [0.5, 0.6) is 5.75 Å². The molecule has 164 valence electrons. The molecule has 2 N–H and O–H groups in total. The van der Waals surface area contributed by atoms with Crippen LogP contribution in [0.1, 0.15) is 16.1 Å². The van der Waals surface area contributed by atoms with Gasteiger partial charge in [0.25, 0.3) is 5.91 Å². The van der Waals surface area contributed by atoms with E-state index in [1.165, 1.54) is 35.0 Å². The molecule has 2 aromatic carbocycles. The van der Waals surface area contributed by atoms with E-state index in [4.69, 9.17) is 11.6 Å². The van der Waals surface area contributed by atoms with E-state index in [1.807, 2.05) is 0 Å². The predicted octanol–water partition coefficient (Wildman–Crippen LogP) is 4.97. The average molecular weight is 462 g/mol. The van der Waals surface area contributed by atoms with Gasteiger partial charge in [0.15, 0.2) is 5.82 Å². The second kappa shape index (κ2) is 9.15. The van der Waals surface area contributed by atoms with E-state index < -0.39 is 12.5 Å². The molecule has 0 unspecified atom stereocenters. The van der Waals surface area contributed by atoms with Gasteiger partial charge in [-0.3, -0.25) is 14.6 Å². The van der Waals surface area contributed by atoms with Crippen LogP contribution in [0.15, 0.2) is 60.8 Å². The quantitative estimate of drug-likeness (QED) is 0.407. The van der Waals surface area contributed by atoms with Gasteiger partial charge in [-0.15, -0.1) is 0 Å². The molecule has 0 aliphatic rings. The summed E-state index contributed by atoms with van der Waals surface area (Å²) in [6.07, 6.45) is 1.54. The molecule has 0 saturated heterocycles. The standard InChI is InChI=1S/C21H15ClF3N5O2/c22-16-11-30(10-12-1-5-14(23)6-2-12)29-19(16)26-20(31)18-9-17(27-28-18)13-3-7-15(8-4-13)32-21(24)25/h1-9,11,21H,10H2,(H,27,28)(H,26,29,31). The minimum absolute atomic E-state index is 0.0168. The van der Waals surface area contributed by atoms with Crippen LogP contribution in [0.25, 0.3) is 11.3 Å². The molecule has 0 fully saturated rings. The lowest BCUT2D eigenvalue weighted by molar-refractivity contribution is -0.0498. The number of aromatic nitrogens is 4. The summed E-state index contributed by atoms with van der Waals surface area (Å²) in [5.41, 5.74) is 2.00. The third-order valence-electron chi connectivity index (χ3n) is 4.40. The fraction of sp³-hybridized carbons (Fsp3) is 0.0952. The van der Waals surface area contributed by atoms with Gasteiger partial charge in [-0.1, -0.05) is 23.7 Å². The van der Waals surface area contributed by atoms with Crippen molar-refractivity contribution in [2.45, 2.75) is 13.2 Å². The number of ether oxygens (including phenoxy) is 1. The summed E-state index contributed by atoms with van der Waals surface area (Å²) in [6.45, 7) is -2.57. The molecule has 11 heteroatoms. The van der Waals surface area contributed by atoms with Gasteiger partial charge < -0.3 is 10.1 Å². The van der Waals surface area contributed by atoms with Crippen LogP contribution >= 0.6 is 11.6 Å². The zero-order chi connectivity index (χ0) is 22.7. The molecular formula is C21H15ClF3N5O2. The van der Waals surface area contributed by atoms with Crippen molar-refractivity contribution >= 4 is 23.3 Å². The number of benzene rings is 2. The monoisotopic (exact) mass is 461 g/mol. The van der Waals surface area contributed by atoms with Crippen LogP contribution in [0.3, 0.4) is 0 Å². The first-order chi connectivity index (χ1) is 15.4. The lowest BCUT2D eigenvalue weighted by atomic mass is 10.1. The Kier molecular flexibility index (Phi) is 6.13. The summed E-state index contributed by atoms with van der Waals surface area (Å²) >= 11 is 6.17. The van der Waals surface area contributed by atoms with Crippen molar-refractivity contribution in [3.63, 3.8) is 0 Å². The van der Waals surface area contributed by atoms with Gasteiger partial charge in [-0.2, -0.15) is 19.0 Å². The van der Waals surface area contributed by atoms with Gasteiger partial charge in [0.1, 0.15) is 22.3 Å². The molecule has 0 atom stereocenters. The highest BCUT2D eigenvalue weighted by atomic mass is 35.5. The minimum Gasteiger partial charge on any atom is -0.435 e. The number of rotatable bonds is 7. The number of anilines is 1. The Morgan fingerprint density at radius 3 is 2.56 bits per heavy atom. The molecule has 0 aliphatic heterocycles. The van der Waals surface area contributed by atoms with Crippen molar-refractivity contribution in [3.05, 3.63) is 82.9 Å². The van der Waals surface area contributed by atoms with Crippen molar-refractivity contribution in [2.75, 3.05) is 5.32 Å². The number of aromatic amines is 1. The van der Waals surface area contributed by atoms with Crippen molar-refractivity contribution in [3.8, 4) is 17.0 Å². The van der Waals surface area contributed by atoms with Gasteiger partial charge in [-0.25, -0.2) is 4.39 Å². The van der Waals surface area contributed by atoms with E-state index >= 15 is 0 Å². The van der Waals surface area contributed by atoms with Crippen LogP contribution < -0.4 is 10.1 Å². The summed E-state index contributed by atoms with van der Waals surface area (Å²) in [5.74, 6) is -0.682. The summed E-state index contributed by atoms with van der Waals surface area (Å²) in [6, 6.07) is 13.3. The number of nitrogens with one attached hydrogen (secondary N) is 2. The van der Waals surface area contributed by atoms with Gasteiger partial charge >= 0.3 is 6.61 Å². The second-order valence-corrected chi connectivity index (χ2v) is 7.08. The summed E-state index contributed by atoms with van der Waals surface area (Å²) in [4.78, 5) is 12.6. The Bertz CT molecular complexity index is 1220. The number of carbonyl (C=O) groups is 1. The Morgan fingerprint density at radius 1 is 1.16 bits per heavy atom. The molecule has 32 heavy (non-hydrogen) atoms. The third-order valence-corrected chi connectivity index (χ3v) is 4.68. The summed E-state index contributed by atoms with van der Waals surface area (Å²) in [7, 11) is 0. The zero-order valence-corrected chi connectivity index (χ0v) is 17.0. The fourth-order valence-corrected chi connectivity index (χ4v) is 3.11. The van der Waals surface area contributed by atoms with E-state index in [0.29, 0.717) is 17.8 Å². The van der Waals surface area contributed by atoms with Gasteiger partial charge in [0.05, 0.1) is 12.2 Å². The number of alkyl halides is 2. The molecule has 2 heterocycles. The van der Waals surface area contributed by atoms with E-state index in [1.54, 1.807) is 30.5 Å². The van der Waals surface area contributed by atoms with Crippen molar-refractivity contribution in [1.82, 2.24) is 20.0 Å². The number of hydrogen-bond acceptors (Lipinski definition) is 4. The number of hydrogen-bond donors (Lipinski definition) is 2. The Balaban J connectivity index is 1.43. The molecule has 0 spiro atoms. The van der Waals surface area contributed by atoms with Gasteiger partial charge in [0, 0.05) is 11.8 Å². The molecule has 4 aromatic rings. The molecular weight excluding hydrogens is 447 g/mol. The maximum absolute atomic E-state index is 13.0. The second-order valence-electron chi connectivity index (χ2n) is 6.67. The maximum atomic E-state index is 13.0. The number of amides is 1. The third kappa shape index (κ3) is 5.09. The lowest BCUT2D eigenvalue weighted by Gasteiger charge is -2.04. The normalized spacial score (nSPS) is 11.0. The van der Waals surface area contributed by atoms with Gasteiger partial charge in [-0.05, 0) is 48.0 Å². The number of halogens is 4. The van der Waals surface area contributed by atoms with Crippen LogP contribution in [0, 0.1) is 5.82 Å². The largest absolute Gasteiger partial charge is 0.435 e. The van der Waals surface area contributed by atoms with Crippen LogP contribution in [-0.2, 0) is 6.54 Å². The maximum Gasteiger partial charge on any atom is 0.387 e. The molecule has 0 radical (unpaired) electrons. The molecule has 4 rings (SSSR count). The Labute approximate surface area is 184 Å². The van der Waals surface area contributed by atoms with E-state index in [-0.39, 0.29) is 28.1 Å². The van der Waals surface area contributed by atoms with Crippen molar-refractivity contribution in [2.24, 2.45) is 0 Å². The van der Waals surface area contributed by atoms with Crippen LogP contribution in [0.4, 0.5) is 19.0 Å². The Morgan fingerprint density at radius 2 is 1.88 bits per heavy atom. The topological polar surface area (TPSA) is 84.8 Å². The van der Waals surface area contributed by atoms with Crippen molar-refractivity contribution in [1.29, 1.82) is 0 Å². The molecule has 0 aliphatic carbocycles. The number of carbonyl (C=O) groups excluding carboxylic acids is 1. The first-order valence-corrected chi connectivity index (χ1v) is 9.64. The zero-order valence-electron chi connectivity index (χ0n) is 16.2. The highest BCUT2D eigenvalue weighted by Gasteiger charge is 2.16. The molecule has 7 nitrogen and oxygen atoms in total. The fourth-order valence-electron chi connectivity index (χ4n) is 2.91. The molecule has 0 saturated carbocycles. The highest BCUT2D eigenvalue weighted by Crippen LogP contribution is 2.24. The molecule has 1 amide bonds. The molecule has 0 bridgehead atoms. The summed E-state index contributed by atoms with van der Waals surface area (Å²) in [5, 5.41) is 13.8. The number of nitrogens with zero attached hydrogens (tertiary/aromatic N) is 3. The summed E-state index contributed by atoms with van der Waals surface area (Å²) < 4.78 is 43.4. The van der Waals surface area contributed by atoms with Gasteiger partial charge in [0.2, 0.25) is 0 Å². The van der Waals surface area contributed by atoms with Crippen LogP contribution in [-0.4, -0.2) is 32.5 Å². The smallest absolute Gasteiger partial charge is 0.387 e. The van der Waals surface area contributed by atoms with Crippen molar-refractivity contribution < 1.29 is 22.7 Å².